The number of carbonyl (C=O) groups is 5. The molecule has 0 radical (unpaired) electrons. The Morgan fingerprint density at radius 2 is 1.72 bits per heavy atom. The summed E-state index contributed by atoms with van der Waals surface area (Å²) in [5.41, 5.74) is 0.810. The highest BCUT2D eigenvalue weighted by atomic mass is 16.6. The van der Waals surface area contributed by atoms with Crippen LogP contribution in [0.1, 0.15) is 78.7 Å². The van der Waals surface area contributed by atoms with Crippen LogP contribution in [0, 0.1) is 0 Å². The zero-order valence-corrected chi connectivity index (χ0v) is 18.5. The van der Waals surface area contributed by atoms with E-state index in [1.165, 1.54) is 0 Å². The molecular weight excluding hydrogens is 414 g/mol. The Bertz CT molecular complexity index is 1000. The molecule has 9 nitrogen and oxygen atoms in total. The molecule has 3 aliphatic rings. The minimum absolute atomic E-state index is 0.00194. The molecule has 1 aromatic carbocycles. The quantitative estimate of drug-likeness (QED) is 0.704. The summed E-state index contributed by atoms with van der Waals surface area (Å²) >= 11 is 0. The van der Waals surface area contributed by atoms with Crippen molar-refractivity contribution in [3.8, 4) is 0 Å². The molecule has 1 aromatic rings. The molecule has 5 amide bonds. The first kappa shape index (κ1) is 22.0. The Morgan fingerprint density at radius 3 is 2.34 bits per heavy atom. The molecule has 0 saturated carbocycles. The maximum absolute atomic E-state index is 13.3. The van der Waals surface area contributed by atoms with Gasteiger partial charge in [-0.2, -0.15) is 0 Å². The fourth-order valence-corrected chi connectivity index (χ4v) is 4.58. The van der Waals surface area contributed by atoms with Crippen LogP contribution in [0.4, 0.5) is 4.79 Å². The van der Waals surface area contributed by atoms with E-state index in [1.807, 2.05) is 26.8 Å². The summed E-state index contributed by atoms with van der Waals surface area (Å²) in [5.74, 6) is -2.03. The Labute approximate surface area is 186 Å². The fraction of sp³-hybridized carbons (Fsp3) is 0.522. The van der Waals surface area contributed by atoms with Gasteiger partial charge in [0.25, 0.3) is 11.8 Å². The molecule has 170 valence electrons. The maximum Gasteiger partial charge on any atom is 0.410 e. The third-order valence-corrected chi connectivity index (χ3v) is 6.09. The molecule has 0 aliphatic carbocycles. The van der Waals surface area contributed by atoms with Crippen molar-refractivity contribution < 1.29 is 28.7 Å². The number of hydrogen-bond acceptors (Lipinski definition) is 6. The zero-order chi connectivity index (χ0) is 23.2. The smallest absolute Gasteiger partial charge is 0.410 e. The molecule has 1 N–H and O–H groups in total. The third kappa shape index (κ3) is 3.99. The van der Waals surface area contributed by atoms with E-state index >= 15 is 0 Å². The number of rotatable bonds is 2. The number of imide groups is 2. The summed E-state index contributed by atoms with van der Waals surface area (Å²) in [5, 5.41) is 2.21. The van der Waals surface area contributed by atoms with E-state index in [0.717, 1.165) is 10.5 Å². The topological polar surface area (TPSA) is 113 Å². The number of ether oxygens (including phenoxy) is 1. The van der Waals surface area contributed by atoms with E-state index in [9.17, 15) is 24.0 Å². The standard InChI is InChI=1S/C23H27N3O6/c1-23(2,3)32-22(31)25-11-9-13(10-12-25)14-5-4-6-15-18(14)21(30)26(20(15)29)16-7-8-17(27)24-19(16)28/h4-6,13,16H,7-12H2,1-3H3,(H,24,27,28). The molecule has 0 spiro atoms. The zero-order valence-electron chi connectivity index (χ0n) is 18.5. The van der Waals surface area contributed by atoms with Gasteiger partial charge in [0, 0.05) is 19.5 Å². The van der Waals surface area contributed by atoms with Crippen LogP contribution in [0.5, 0.6) is 0 Å². The lowest BCUT2D eigenvalue weighted by Gasteiger charge is -2.34. The van der Waals surface area contributed by atoms with Crippen LogP contribution in [-0.4, -0.2) is 64.3 Å². The van der Waals surface area contributed by atoms with Crippen molar-refractivity contribution in [2.75, 3.05) is 13.1 Å². The Balaban J connectivity index is 1.52. The molecule has 1 atom stereocenters. The van der Waals surface area contributed by atoms with Gasteiger partial charge < -0.3 is 9.64 Å². The fourth-order valence-electron chi connectivity index (χ4n) is 4.58. The summed E-state index contributed by atoms with van der Waals surface area (Å²) in [7, 11) is 0. The molecule has 9 heteroatoms. The van der Waals surface area contributed by atoms with Gasteiger partial charge in [-0.1, -0.05) is 12.1 Å². The lowest BCUT2D eigenvalue weighted by molar-refractivity contribution is -0.136. The third-order valence-electron chi connectivity index (χ3n) is 6.09. The van der Waals surface area contributed by atoms with Crippen LogP contribution in [0.2, 0.25) is 0 Å². The molecule has 3 heterocycles. The van der Waals surface area contributed by atoms with E-state index in [1.54, 1.807) is 17.0 Å². The van der Waals surface area contributed by atoms with Gasteiger partial charge in [-0.05, 0) is 57.6 Å². The van der Waals surface area contributed by atoms with Gasteiger partial charge in [0.15, 0.2) is 0 Å². The Hall–Kier alpha value is -3.23. The van der Waals surface area contributed by atoms with Crippen LogP contribution in [0.15, 0.2) is 18.2 Å². The predicted molar refractivity (Wildman–Crippen MR) is 113 cm³/mol. The van der Waals surface area contributed by atoms with E-state index in [4.69, 9.17) is 4.74 Å². The average Bonchev–Trinajstić information content (AvgIpc) is 2.98. The van der Waals surface area contributed by atoms with Crippen molar-refractivity contribution in [3.05, 3.63) is 34.9 Å². The highest BCUT2D eigenvalue weighted by Gasteiger charge is 2.46. The first-order valence-electron chi connectivity index (χ1n) is 10.9. The van der Waals surface area contributed by atoms with Crippen LogP contribution < -0.4 is 5.32 Å². The Morgan fingerprint density at radius 1 is 1.03 bits per heavy atom. The molecule has 2 fully saturated rings. The number of nitrogens with zero attached hydrogens (tertiary/aromatic N) is 2. The Kier molecular flexibility index (Phi) is 5.52. The van der Waals surface area contributed by atoms with Crippen molar-refractivity contribution >= 4 is 29.7 Å². The lowest BCUT2D eigenvalue weighted by Crippen LogP contribution is -2.54. The van der Waals surface area contributed by atoms with Gasteiger partial charge in [-0.25, -0.2) is 4.79 Å². The highest BCUT2D eigenvalue weighted by Crippen LogP contribution is 2.37. The van der Waals surface area contributed by atoms with Crippen LogP contribution in [0.25, 0.3) is 0 Å². The van der Waals surface area contributed by atoms with Gasteiger partial charge in [0.05, 0.1) is 11.1 Å². The van der Waals surface area contributed by atoms with Crippen molar-refractivity contribution in [1.29, 1.82) is 0 Å². The first-order valence-corrected chi connectivity index (χ1v) is 10.9. The van der Waals surface area contributed by atoms with Crippen LogP contribution in [-0.2, 0) is 14.3 Å². The van der Waals surface area contributed by atoms with E-state index in [-0.39, 0.29) is 30.4 Å². The van der Waals surface area contributed by atoms with Gasteiger partial charge in [-0.3, -0.25) is 29.4 Å². The lowest BCUT2D eigenvalue weighted by atomic mass is 9.85. The molecule has 3 aliphatic heterocycles. The molecule has 1 unspecified atom stereocenters. The maximum atomic E-state index is 13.3. The van der Waals surface area contributed by atoms with Crippen molar-refractivity contribution in [2.24, 2.45) is 0 Å². The molecule has 32 heavy (non-hydrogen) atoms. The number of benzene rings is 1. The number of likely N-dealkylation sites (tertiary alicyclic amines) is 1. The first-order chi connectivity index (χ1) is 15.1. The number of piperidine rings is 2. The minimum Gasteiger partial charge on any atom is -0.444 e. The molecular formula is C23H27N3O6. The summed E-state index contributed by atoms with van der Waals surface area (Å²) in [6, 6.07) is 4.20. The second kappa shape index (κ2) is 8.03. The van der Waals surface area contributed by atoms with Crippen molar-refractivity contribution in [3.63, 3.8) is 0 Å². The van der Waals surface area contributed by atoms with Crippen molar-refractivity contribution in [2.45, 2.75) is 64.0 Å². The van der Waals surface area contributed by atoms with E-state index in [0.29, 0.717) is 31.5 Å². The van der Waals surface area contributed by atoms with Crippen LogP contribution >= 0.6 is 0 Å². The SMILES string of the molecule is CC(C)(C)OC(=O)N1CCC(c2cccc3c2C(=O)N(C2CCC(=O)NC2=O)C3=O)CC1. The average molecular weight is 441 g/mol. The summed E-state index contributed by atoms with van der Waals surface area (Å²) in [6.07, 6.45) is 1.12. The van der Waals surface area contributed by atoms with Crippen molar-refractivity contribution in [1.82, 2.24) is 15.1 Å². The number of carbonyl (C=O) groups excluding carboxylic acids is 5. The van der Waals surface area contributed by atoms with Gasteiger partial charge in [0.1, 0.15) is 11.6 Å². The number of nitrogens with one attached hydrogen (secondary N) is 1. The van der Waals surface area contributed by atoms with E-state index < -0.39 is 35.3 Å². The van der Waals surface area contributed by atoms with Crippen LogP contribution in [0.3, 0.4) is 0 Å². The molecule has 2 saturated heterocycles. The summed E-state index contributed by atoms with van der Waals surface area (Å²) in [4.78, 5) is 65.1. The molecule has 0 aromatic heterocycles. The normalized spacial score (nSPS) is 22.2. The highest BCUT2D eigenvalue weighted by molar-refractivity contribution is 6.24. The monoisotopic (exact) mass is 441 g/mol. The predicted octanol–water partition coefficient (Wildman–Crippen LogP) is 2.20. The molecule has 4 rings (SSSR count). The second-order valence-corrected chi connectivity index (χ2v) is 9.46. The number of hydrogen-bond donors (Lipinski definition) is 1. The van der Waals surface area contributed by atoms with Gasteiger partial charge in [0.2, 0.25) is 11.8 Å². The number of fused-ring (bicyclic) bond motifs is 1. The summed E-state index contributed by atoms with van der Waals surface area (Å²) < 4.78 is 5.44. The van der Waals surface area contributed by atoms with E-state index in [2.05, 4.69) is 5.32 Å². The largest absolute Gasteiger partial charge is 0.444 e. The van der Waals surface area contributed by atoms with Gasteiger partial charge in [-0.15, -0.1) is 0 Å². The minimum atomic E-state index is -0.984. The second-order valence-electron chi connectivity index (χ2n) is 9.46. The molecule has 0 bridgehead atoms. The van der Waals surface area contributed by atoms with Gasteiger partial charge >= 0.3 is 6.09 Å². The summed E-state index contributed by atoms with van der Waals surface area (Å²) in [6.45, 7) is 6.44. The number of amides is 5.